The number of rotatable bonds is 6. The zero-order valence-corrected chi connectivity index (χ0v) is 12.0. The molecule has 6 nitrogen and oxygen atoms in total. The molecule has 1 heterocycles. The van der Waals surface area contributed by atoms with E-state index in [9.17, 15) is 9.59 Å². The highest BCUT2D eigenvalue weighted by Crippen LogP contribution is 2.06. The summed E-state index contributed by atoms with van der Waals surface area (Å²) in [6, 6.07) is 2.98. The monoisotopic (exact) mass is 279 g/mol. The molecule has 20 heavy (non-hydrogen) atoms. The number of hydrogen-bond donors (Lipinski definition) is 3. The van der Waals surface area contributed by atoms with Gasteiger partial charge in [0.25, 0.3) is 0 Å². The highest BCUT2D eigenvalue weighted by Gasteiger charge is 2.19. The Morgan fingerprint density at radius 2 is 2.10 bits per heavy atom. The van der Waals surface area contributed by atoms with Gasteiger partial charge in [0.1, 0.15) is 0 Å². The lowest BCUT2D eigenvalue weighted by Crippen LogP contribution is -2.45. The van der Waals surface area contributed by atoms with Gasteiger partial charge in [0.2, 0.25) is 0 Å². The highest BCUT2D eigenvalue weighted by molar-refractivity contribution is 5.75. The zero-order valence-electron chi connectivity index (χ0n) is 12.0. The first-order valence-corrected chi connectivity index (χ1v) is 6.56. The number of nitrogens with zero attached hydrogens (tertiary/aromatic N) is 1. The SMILES string of the molecule is Cc1cccnc1CNC(=O)NC(CC(=O)O)C(C)C. The number of carbonyl (C=O) groups is 2. The molecule has 1 rings (SSSR count). The average Bonchev–Trinajstić information content (AvgIpc) is 2.36. The molecule has 1 aromatic heterocycles. The third kappa shape index (κ3) is 5.26. The maximum absolute atomic E-state index is 11.8. The fourth-order valence-corrected chi connectivity index (χ4v) is 1.73. The van der Waals surface area contributed by atoms with E-state index >= 15 is 0 Å². The van der Waals surface area contributed by atoms with Crippen molar-refractivity contribution in [3.63, 3.8) is 0 Å². The van der Waals surface area contributed by atoms with E-state index in [4.69, 9.17) is 5.11 Å². The Balaban J connectivity index is 2.50. The van der Waals surface area contributed by atoms with E-state index in [2.05, 4.69) is 15.6 Å². The van der Waals surface area contributed by atoms with Gasteiger partial charge in [-0.3, -0.25) is 9.78 Å². The number of aryl methyl sites for hydroxylation is 1. The number of hydrogen-bond acceptors (Lipinski definition) is 3. The molecule has 0 aliphatic carbocycles. The largest absolute Gasteiger partial charge is 0.481 e. The van der Waals surface area contributed by atoms with Crippen molar-refractivity contribution in [1.82, 2.24) is 15.6 Å². The number of carboxylic acid groups (broad SMARTS) is 1. The van der Waals surface area contributed by atoms with Gasteiger partial charge < -0.3 is 15.7 Å². The van der Waals surface area contributed by atoms with Crippen molar-refractivity contribution >= 4 is 12.0 Å². The first-order valence-electron chi connectivity index (χ1n) is 6.56. The van der Waals surface area contributed by atoms with Crippen molar-refractivity contribution in [1.29, 1.82) is 0 Å². The molecule has 0 aliphatic rings. The van der Waals surface area contributed by atoms with Crippen LogP contribution in [0.2, 0.25) is 0 Å². The summed E-state index contributed by atoms with van der Waals surface area (Å²) in [5.74, 6) is -0.877. The summed E-state index contributed by atoms with van der Waals surface area (Å²) in [6.45, 7) is 5.98. The van der Waals surface area contributed by atoms with Crippen LogP contribution in [0.3, 0.4) is 0 Å². The van der Waals surface area contributed by atoms with E-state index < -0.39 is 12.0 Å². The van der Waals surface area contributed by atoms with Crippen LogP contribution in [0.4, 0.5) is 4.79 Å². The van der Waals surface area contributed by atoms with Crippen molar-refractivity contribution in [2.75, 3.05) is 0 Å². The fraction of sp³-hybridized carbons (Fsp3) is 0.500. The Labute approximate surface area is 118 Å². The van der Waals surface area contributed by atoms with Gasteiger partial charge in [-0.2, -0.15) is 0 Å². The minimum absolute atomic E-state index is 0.0495. The molecule has 2 amide bonds. The third-order valence-electron chi connectivity index (χ3n) is 3.05. The third-order valence-corrected chi connectivity index (χ3v) is 3.05. The number of pyridine rings is 1. The zero-order chi connectivity index (χ0) is 15.1. The summed E-state index contributed by atoms with van der Waals surface area (Å²) in [4.78, 5) is 26.7. The molecule has 0 radical (unpaired) electrons. The number of amides is 2. The van der Waals surface area contributed by atoms with Crippen LogP contribution < -0.4 is 10.6 Å². The molecule has 1 atom stereocenters. The van der Waals surface area contributed by atoms with Gasteiger partial charge in [0, 0.05) is 12.2 Å². The first kappa shape index (κ1) is 15.9. The Hall–Kier alpha value is -2.11. The van der Waals surface area contributed by atoms with Gasteiger partial charge in [0.15, 0.2) is 0 Å². The number of urea groups is 1. The minimum atomic E-state index is -0.926. The van der Waals surface area contributed by atoms with Crippen LogP contribution in [0, 0.1) is 12.8 Å². The van der Waals surface area contributed by atoms with Gasteiger partial charge in [0.05, 0.1) is 18.7 Å². The number of carboxylic acids is 1. The van der Waals surface area contributed by atoms with Crippen LogP contribution in [0.1, 0.15) is 31.5 Å². The number of aliphatic carboxylic acids is 1. The summed E-state index contributed by atoms with van der Waals surface area (Å²) < 4.78 is 0. The lowest BCUT2D eigenvalue weighted by Gasteiger charge is -2.20. The number of aromatic nitrogens is 1. The van der Waals surface area contributed by atoms with Gasteiger partial charge in [-0.05, 0) is 24.5 Å². The Bertz CT molecular complexity index is 474. The second kappa shape index (κ2) is 7.47. The summed E-state index contributed by atoms with van der Waals surface area (Å²) in [5, 5.41) is 14.2. The van der Waals surface area contributed by atoms with E-state index in [1.165, 1.54) is 0 Å². The van der Waals surface area contributed by atoms with Gasteiger partial charge in [-0.25, -0.2) is 4.79 Å². The predicted octanol–water partition coefficient (Wildman–Crippen LogP) is 1.69. The average molecular weight is 279 g/mol. The molecule has 0 fully saturated rings. The summed E-state index contributed by atoms with van der Waals surface area (Å²) >= 11 is 0. The smallest absolute Gasteiger partial charge is 0.315 e. The van der Waals surface area contributed by atoms with E-state index in [1.807, 2.05) is 32.9 Å². The molecule has 0 saturated carbocycles. The highest BCUT2D eigenvalue weighted by atomic mass is 16.4. The second-order valence-electron chi connectivity index (χ2n) is 5.04. The molecule has 3 N–H and O–H groups in total. The van der Waals surface area contributed by atoms with Crippen molar-refractivity contribution in [2.24, 2.45) is 5.92 Å². The summed E-state index contributed by atoms with van der Waals surface area (Å²) in [6.07, 6.45) is 1.58. The van der Waals surface area contributed by atoms with Gasteiger partial charge >= 0.3 is 12.0 Å². The molecular weight excluding hydrogens is 258 g/mol. The maximum atomic E-state index is 11.8. The van der Waals surface area contributed by atoms with E-state index in [1.54, 1.807) is 6.20 Å². The second-order valence-corrected chi connectivity index (χ2v) is 5.04. The normalized spacial score (nSPS) is 12.0. The van der Waals surface area contributed by atoms with E-state index in [0.29, 0.717) is 6.54 Å². The van der Waals surface area contributed by atoms with Crippen LogP contribution >= 0.6 is 0 Å². The quantitative estimate of drug-likeness (QED) is 0.739. The standard InChI is InChI=1S/C14H21N3O3/c1-9(2)11(7-13(18)19)17-14(20)16-8-12-10(3)5-4-6-15-12/h4-6,9,11H,7-8H2,1-3H3,(H,18,19)(H2,16,17,20). The number of carbonyl (C=O) groups excluding carboxylic acids is 1. The van der Waals surface area contributed by atoms with Crippen molar-refractivity contribution in [2.45, 2.75) is 39.8 Å². The minimum Gasteiger partial charge on any atom is -0.481 e. The molecule has 6 heteroatoms. The number of nitrogens with one attached hydrogen (secondary N) is 2. The molecule has 1 unspecified atom stereocenters. The van der Waals surface area contributed by atoms with Crippen molar-refractivity contribution in [3.05, 3.63) is 29.6 Å². The molecule has 0 aromatic carbocycles. The maximum Gasteiger partial charge on any atom is 0.315 e. The van der Waals surface area contributed by atoms with Crippen LogP contribution in [0.5, 0.6) is 0 Å². The molecule has 0 spiro atoms. The molecule has 0 aliphatic heterocycles. The molecular formula is C14H21N3O3. The molecule has 110 valence electrons. The van der Waals surface area contributed by atoms with Crippen LogP contribution in [0.15, 0.2) is 18.3 Å². The van der Waals surface area contributed by atoms with E-state index in [-0.39, 0.29) is 18.4 Å². The lowest BCUT2D eigenvalue weighted by atomic mass is 10.0. The van der Waals surface area contributed by atoms with Crippen LogP contribution in [-0.2, 0) is 11.3 Å². The van der Waals surface area contributed by atoms with Crippen molar-refractivity contribution in [3.8, 4) is 0 Å². The Kier molecular flexibility index (Phi) is 5.96. The lowest BCUT2D eigenvalue weighted by molar-refractivity contribution is -0.137. The topological polar surface area (TPSA) is 91.3 Å². The van der Waals surface area contributed by atoms with Crippen LogP contribution in [0.25, 0.3) is 0 Å². The first-order chi connectivity index (χ1) is 9.40. The van der Waals surface area contributed by atoms with Crippen molar-refractivity contribution < 1.29 is 14.7 Å². The Morgan fingerprint density at radius 1 is 1.40 bits per heavy atom. The fourth-order valence-electron chi connectivity index (χ4n) is 1.73. The Morgan fingerprint density at radius 3 is 2.65 bits per heavy atom. The predicted molar refractivity (Wildman–Crippen MR) is 75.2 cm³/mol. The summed E-state index contributed by atoms with van der Waals surface area (Å²) in [7, 11) is 0. The van der Waals surface area contributed by atoms with E-state index in [0.717, 1.165) is 11.3 Å². The molecule has 0 saturated heterocycles. The van der Waals surface area contributed by atoms with Gasteiger partial charge in [-0.15, -0.1) is 0 Å². The van der Waals surface area contributed by atoms with Crippen LogP contribution in [-0.4, -0.2) is 28.1 Å². The summed E-state index contributed by atoms with van der Waals surface area (Å²) in [5.41, 5.74) is 1.79. The molecule has 1 aromatic rings. The van der Waals surface area contributed by atoms with Gasteiger partial charge in [-0.1, -0.05) is 19.9 Å². The molecule has 0 bridgehead atoms.